The van der Waals surface area contributed by atoms with Crippen LogP contribution in [0.3, 0.4) is 0 Å². The van der Waals surface area contributed by atoms with E-state index >= 15 is 0 Å². The van der Waals surface area contributed by atoms with Crippen LogP contribution in [0.25, 0.3) is 0 Å². The van der Waals surface area contributed by atoms with Crippen molar-refractivity contribution in [3.8, 4) is 0 Å². The number of alkyl halides is 1. The van der Waals surface area contributed by atoms with Crippen LogP contribution in [-0.4, -0.2) is 11.4 Å². The number of hydrogen-bond donors (Lipinski definition) is 1. The zero-order valence-electron chi connectivity index (χ0n) is 10.9. The van der Waals surface area contributed by atoms with Gasteiger partial charge in [0.15, 0.2) is 0 Å². The third-order valence-corrected chi connectivity index (χ3v) is 5.16. The van der Waals surface area contributed by atoms with Crippen LogP contribution in [0.2, 0.25) is 0 Å². The lowest BCUT2D eigenvalue weighted by Gasteiger charge is -2.39. The van der Waals surface area contributed by atoms with Gasteiger partial charge in [0.25, 0.3) is 0 Å². The molecule has 1 fully saturated rings. The molecule has 1 aliphatic rings. The summed E-state index contributed by atoms with van der Waals surface area (Å²) in [6.45, 7) is 3.27. The van der Waals surface area contributed by atoms with Crippen molar-refractivity contribution in [3.63, 3.8) is 0 Å². The molecule has 1 aliphatic carbocycles. The van der Waals surface area contributed by atoms with E-state index in [0.29, 0.717) is 0 Å². The number of halogens is 2. The van der Waals surface area contributed by atoms with Crippen molar-refractivity contribution in [2.75, 3.05) is 5.88 Å². The van der Waals surface area contributed by atoms with Crippen molar-refractivity contribution in [3.05, 3.63) is 33.4 Å². The van der Waals surface area contributed by atoms with Crippen molar-refractivity contribution >= 4 is 34.2 Å². The molecule has 0 heterocycles. The molecule has 100 valence electrons. The van der Waals surface area contributed by atoms with Crippen LogP contribution in [0.15, 0.2) is 24.3 Å². The first-order chi connectivity index (χ1) is 8.63. The predicted octanol–water partition coefficient (Wildman–Crippen LogP) is 4.57. The van der Waals surface area contributed by atoms with E-state index in [4.69, 9.17) is 11.6 Å². The summed E-state index contributed by atoms with van der Waals surface area (Å²) >= 11 is 8.57. The zero-order valence-corrected chi connectivity index (χ0v) is 13.8. The molecule has 0 amide bonds. The van der Waals surface area contributed by atoms with Crippen LogP contribution in [0.4, 0.5) is 0 Å². The van der Waals surface area contributed by atoms with Gasteiger partial charge in [0.2, 0.25) is 0 Å². The number of rotatable bonds is 4. The standard InChI is InChI=1S/C15H21ClIN/c1-12-3-2-8-15(9-12,11-16)18-10-13-4-6-14(17)7-5-13/h4-7,12,18H,2-3,8-11H2,1H3. The highest BCUT2D eigenvalue weighted by Gasteiger charge is 2.33. The lowest BCUT2D eigenvalue weighted by Crippen LogP contribution is -2.49. The summed E-state index contributed by atoms with van der Waals surface area (Å²) in [4.78, 5) is 0. The van der Waals surface area contributed by atoms with Crippen molar-refractivity contribution in [1.82, 2.24) is 5.32 Å². The molecular formula is C15H21ClIN. The Morgan fingerprint density at radius 3 is 2.72 bits per heavy atom. The summed E-state index contributed by atoms with van der Waals surface area (Å²) in [5.74, 6) is 1.52. The molecular weight excluding hydrogens is 357 g/mol. The number of nitrogens with one attached hydrogen (secondary N) is 1. The lowest BCUT2D eigenvalue weighted by molar-refractivity contribution is 0.207. The van der Waals surface area contributed by atoms with Gasteiger partial charge in [-0.25, -0.2) is 0 Å². The molecule has 1 N–H and O–H groups in total. The monoisotopic (exact) mass is 377 g/mol. The highest BCUT2D eigenvalue weighted by Crippen LogP contribution is 2.33. The van der Waals surface area contributed by atoms with Crippen molar-refractivity contribution in [2.45, 2.75) is 44.7 Å². The lowest BCUT2D eigenvalue weighted by atomic mass is 9.77. The normalized spacial score (nSPS) is 28.3. The first kappa shape index (κ1) is 14.6. The van der Waals surface area contributed by atoms with Gasteiger partial charge in [-0.3, -0.25) is 0 Å². The smallest absolute Gasteiger partial charge is 0.0406 e. The Hall–Kier alpha value is 0.200. The minimum Gasteiger partial charge on any atom is -0.306 e. The number of hydrogen-bond acceptors (Lipinski definition) is 1. The largest absolute Gasteiger partial charge is 0.306 e. The van der Waals surface area contributed by atoms with Crippen LogP contribution >= 0.6 is 34.2 Å². The van der Waals surface area contributed by atoms with E-state index in [2.05, 4.69) is 59.1 Å². The average Bonchev–Trinajstić information content (AvgIpc) is 2.38. The van der Waals surface area contributed by atoms with E-state index in [9.17, 15) is 0 Å². The first-order valence-corrected chi connectivity index (χ1v) is 8.30. The molecule has 0 bridgehead atoms. The van der Waals surface area contributed by atoms with E-state index in [-0.39, 0.29) is 5.54 Å². The molecule has 18 heavy (non-hydrogen) atoms. The van der Waals surface area contributed by atoms with Crippen LogP contribution in [0, 0.1) is 9.49 Å². The fraction of sp³-hybridized carbons (Fsp3) is 0.600. The summed E-state index contributed by atoms with van der Waals surface area (Å²) in [7, 11) is 0. The quantitative estimate of drug-likeness (QED) is 0.599. The summed E-state index contributed by atoms with van der Waals surface area (Å²) < 4.78 is 1.29. The third kappa shape index (κ3) is 3.84. The Morgan fingerprint density at radius 1 is 1.39 bits per heavy atom. The molecule has 2 rings (SSSR count). The van der Waals surface area contributed by atoms with Gasteiger partial charge in [-0.05, 0) is 59.0 Å². The van der Waals surface area contributed by atoms with Crippen molar-refractivity contribution in [2.24, 2.45) is 5.92 Å². The van der Waals surface area contributed by atoms with Gasteiger partial charge >= 0.3 is 0 Å². The van der Waals surface area contributed by atoms with Crippen LogP contribution < -0.4 is 5.32 Å². The molecule has 2 atom stereocenters. The van der Waals surface area contributed by atoms with Gasteiger partial charge in [-0.1, -0.05) is 31.9 Å². The summed E-state index contributed by atoms with van der Waals surface area (Å²) in [5, 5.41) is 3.72. The van der Waals surface area contributed by atoms with Gasteiger partial charge in [0, 0.05) is 21.5 Å². The highest BCUT2D eigenvalue weighted by molar-refractivity contribution is 14.1. The second-order valence-electron chi connectivity index (χ2n) is 5.60. The maximum absolute atomic E-state index is 6.23. The Labute approximate surface area is 129 Å². The second-order valence-corrected chi connectivity index (χ2v) is 7.11. The first-order valence-electron chi connectivity index (χ1n) is 6.69. The molecule has 1 aromatic carbocycles. The van der Waals surface area contributed by atoms with Crippen LogP contribution in [-0.2, 0) is 6.54 Å². The van der Waals surface area contributed by atoms with Crippen molar-refractivity contribution in [1.29, 1.82) is 0 Å². The van der Waals surface area contributed by atoms with E-state index in [1.807, 2.05) is 0 Å². The summed E-state index contributed by atoms with van der Waals surface area (Å²) in [5.41, 5.74) is 1.50. The Bertz CT molecular complexity index is 379. The van der Waals surface area contributed by atoms with E-state index in [0.717, 1.165) is 18.3 Å². The third-order valence-electron chi connectivity index (χ3n) is 3.93. The van der Waals surface area contributed by atoms with Gasteiger partial charge in [0.1, 0.15) is 0 Å². The molecule has 1 nitrogen and oxygen atoms in total. The van der Waals surface area contributed by atoms with Gasteiger partial charge in [-0.15, -0.1) is 11.6 Å². The summed E-state index contributed by atoms with van der Waals surface area (Å²) in [6, 6.07) is 8.72. The molecule has 3 heteroatoms. The Kier molecular flexibility index (Phi) is 5.34. The fourth-order valence-corrected chi connectivity index (χ4v) is 3.58. The SMILES string of the molecule is CC1CCCC(CCl)(NCc2ccc(I)cc2)C1. The molecule has 0 saturated heterocycles. The Morgan fingerprint density at radius 2 is 2.11 bits per heavy atom. The predicted molar refractivity (Wildman–Crippen MR) is 87.1 cm³/mol. The molecule has 0 spiro atoms. The van der Waals surface area contributed by atoms with Gasteiger partial charge in [-0.2, -0.15) is 0 Å². The fourth-order valence-electron chi connectivity index (χ4n) is 2.88. The highest BCUT2D eigenvalue weighted by atomic mass is 127. The topological polar surface area (TPSA) is 12.0 Å². The minimum atomic E-state index is 0.155. The maximum atomic E-state index is 6.23. The molecule has 0 radical (unpaired) electrons. The van der Waals surface area contributed by atoms with Gasteiger partial charge < -0.3 is 5.32 Å². The van der Waals surface area contributed by atoms with E-state index < -0.39 is 0 Å². The van der Waals surface area contributed by atoms with Gasteiger partial charge in [0.05, 0.1) is 0 Å². The van der Waals surface area contributed by atoms with Crippen LogP contribution in [0.5, 0.6) is 0 Å². The molecule has 1 saturated carbocycles. The molecule has 1 aromatic rings. The van der Waals surface area contributed by atoms with E-state index in [1.54, 1.807) is 0 Å². The van der Waals surface area contributed by atoms with Crippen molar-refractivity contribution < 1.29 is 0 Å². The molecule has 0 aliphatic heterocycles. The zero-order chi connectivity index (χ0) is 13.0. The number of benzene rings is 1. The molecule has 2 unspecified atom stereocenters. The second kappa shape index (κ2) is 6.58. The molecule has 0 aromatic heterocycles. The van der Waals surface area contributed by atoms with Crippen LogP contribution in [0.1, 0.15) is 38.2 Å². The Balaban J connectivity index is 1.96. The average molecular weight is 378 g/mol. The van der Waals surface area contributed by atoms with E-state index in [1.165, 1.54) is 34.8 Å². The maximum Gasteiger partial charge on any atom is 0.0406 e. The summed E-state index contributed by atoms with van der Waals surface area (Å²) in [6.07, 6.45) is 5.07. The minimum absolute atomic E-state index is 0.155.